The Hall–Kier alpha value is -1.61. The zero-order valence-electron chi connectivity index (χ0n) is 8.14. The molecule has 76 valence electrons. The van der Waals surface area contributed by atoms with E-state index in [9.17, 15) is 4.79 Å². The van der Waals surface area contributed by atoms with Gasteiger partial charge in [-0.05, 0) is 34.5 Å². The second-order valence-electron chi connectivity index (χ2n) is 3.36. The molecule has 0 unspecified atom stereocenters. The van der Waals surface area contributed by atoms with Gasteiger partial charge in [0.05, 0.1) is 0 Å². The summed E-state index contributed by atoms with van der Waals surface area (Å²) in [6.45, 7) is 0. The lowest BCUT2D eigenvalue weighted by atomic mass is 10.0. The Bertz CT molecular complexity index is 462. The first-order valence-electron chi connectivity index (χ1n) is 4.65. The van der Waals surface area contributed by atoms with Gasteiger partial charge in [0.25, 0.3) is 0 Å². The van der Waals surface area contributed by atoms with Crippen LogP contribution in [0.15, 0.2) is 41.1 Å². The molecule has 2 aromatic rings. The van der Waals surface area contributed by atoms with Crippen molar-refractivity contribution in [2.45, 2.75) is 6.42 Å². The van der Waals surface area contributed by atoms with Gasteiger partial charge in [-0.15, -0.1) is 0 Å². The SMILES string of the molecule is Nc1cccc(C(=O)Cc2ccsc2)c1. The van der Waals surface area contributed by atoms with E-state index in [4.69, 9.17) is 5.73 Å². The van der Waals surface area contributed by atoms with E-state index < -0.39 is 0 Å². The monoisotopic (exact) mass is 217 g/mol. The van der Waals surface area contributed by atoms with Gasteiger partial charge >= 0.3 is 0 Å². The van der Waals surface area contributed by atoms with Gasteiger partial charge in [0.15, 0.2) is 5.78 Å². The molecule has 0 fully saturated rings. The van der Waals surface area contributed by atoms with Crippen LogP contribution in [0.2, 0.25) is 0 Å². The zero-order chi connectivity index (χ0) is 10.7. The van der Waals surface area contributed by atoms with E-state index >= 15 is 0 Å². The molecule has 0 atom stereocenters. The van der Waals surface area contributed by atoms with Crippen LogP contribution in [0.25, 0.3) is 0 Å². The van der Waals surface area contributed by atoms with E-state index in [2.05, 4.69) is 0 Å². The number of carbonyl (C=O) groups excluding carboxylic acids is 1. The minimum Gasteiger partial charge on any atom is -0.399 e. The number of nitrogen functional groups attached to an aromatic ring is 1. The minimum absolute atomic E-state index is 0.112. The van der Waals surface area contributed by atoms with E-state index in [0.29, 0.717) is 17.7 Å². The zero-order valence-corrected chi connectivity index (χ0v) is 8.96. The smallest absolute Gasteiger partial charge is 0.167 e. The highest BCUT2D eigenvalue weighted by molar-refractivity contribution is 7.08. The Morgan fingerprint density at radius 3 is 2.87 bits per heavy atom. The molecular weight excluding hydrogens is 206 g/mol. The first-order chi connectivity index (χ1) is 7.25. The van der Waals surface area contributed by atoms with Crippen molar-refractivity contribution in [3.05, 3.63) is 52.2 Å². The van der Waals surface area contributed by atoms with Crippen molar-refractivity contribution < 1.29 is 4.79 Å². The molecule has 2 rings (SSSR count). The fourth-order valence-electron chi connectivity index (χ4n) is 1.39. The molecule has 0 saturated carbocycles. The number of anilines is 1. The molecule has 0 amide bonds. The first kappa shape index (κ1) is 9.93. The van der Waals surface area contributed by atoms with Crippen LogP contribution in [0.1, 0.15) is 15.9 Å². The molecule has 1 aromatic carbocycles. The van der Waals surface area contributed by atoms with E-state index in [1.54, 1.807) is 35.6 Å². The highest BCUT2D eigenvalue weighted by atomic mass is 32.1. The number of nitrogens with two attached hydrogens (primary N) is 1. The maximum Gasteiger partial charge on any atom is 0.167 e. The average Bonchev–Trinajstić information content (AvgIpc) is 2.70. The standard InChI is InChI=1S/C12H11NOS/c13-11-3-1-2-10(7-11)12(14)6-9-4-5-15-8-9/h1-5,7-8H,6,13H2. The Morgan fingerprint density at radius 2 is 2.20 bits per heavy atom. The van der Waals surface area contributed by atoms with Crippen molar-refractivity contribution in [3.63, 3.8) is 0 Å². The molecular formula is C12H11NOS. The number of benzene rings is 1. The van der Waals surface area contributed by atoms with E-state index in [0.717, 1.165) is 5.56 Å². The second kappa shape index (κ2) is 4.28. The van der Waals surface area contributed by atoms with Gasteiger partial charge in [-0.25, -0.2) is 0 Å². The van der Waals surface area contributed by atoms with Crippen LogP contribution in [-0.4, -0.2) is 5.78 Å². The number of carbonyl (C=O) groups is 1. The van der Waals surface area contributed by atoms with Gasteiger partial charge in [-0.2, -0.15) is 11.3 Å². The lowest BCUT2D eigenvalue weighted by molar-refractivity contribution is 0.0993. The van der Waals surface area contributed by atoms with Crippen LogP contribution in [0, 0.1) is 0 Å². The third-order valence-corrected chi connectivity index (χ3v) is 2.89. The van der Waals surface area contributed by atoms with E-state index in [1.807, 2.05) is 16.8 Å². The Kier molecular flexibility index (Phi) is 2.83. The van der Waals surface area contributed by atoms with Crippen LogP contribution >= 0.6 is 11.3 Å². The maximum atomic E-state index is 11.8. The summed E-state index contributed by atoms with van der Waals surface area (Å²) in [4.78, 5) is 11.8. The summed E-state index contributed by atoms with van der Waals surface area (Å²) in [5.41, 5.74) is 7.99. The van der Waals surface area contributed by atoms with Crippen LogP contribution in [0.5, 0.6) is 0 Å². The molecule has 2 N–H and O–H groups in total. The van der Waals surface area contributed by atoms with Crippen molar-refractivity contribution in [2.75, 3.05) is 5.73 Å². The highest BCUT2D eigenvalue weighted by Crippen LogP contribution is 2.12. The molecule has 1 heterocycles. The first-order valence-corrected chi connectivity index (χ1v) is 5.60. The Labute approximate surface area is 92.4 Å². The summed E-state index contributed by atoms with van der Waals surface area (Å²) in [7, 11) is 0. The van der Waals surface area contributed by atoms with Gasteiger partial charge in [0, 0.05) is 17.7 Å². The molecule has 0 aliphatic carbocycles. The van der Waals surface area contributed by atoms with Gasteiger partial charge in [0.1, 0.15) is 0 Å². The maximum absolute atomic E-state index is 11.8. The predicted octanol–water partition coefficient (Wildman–Crippen LogP) is 2.76. The fourth-order valence-corrected chi connectivity index (χ4v) is 2.06. The molecule has 15 heavy (non-hydrogen) atoms. The molecule has 0 radical (unpaired) electrons. The van der Waals surface area contributed by atoms with E-state index in [-0.39, 0.29) is 5.78 Å². The van der Waals surface area contributed by atoms with Crippen molar-refractivity contribution in [2.24, 2.45) is 0 Å². The van der Waals surface area contributed by atoms with Gasteiger partial charge < -0.3 is 5.73 Å². The van der Waals surface area contributed by atoms with Crippen molar-refractivity contribution in [1.29, 1.82) is 0 Å². The Balaban J connectivity index is 2.15. The fraction of sp³-hybridized carbons (Fsp3) is 0.0833. The van der Waals surface area contributed by atoms with Crippen LogP contribution in [0.4, 0.5) is 5.69 Å². The normalized spacial score (nSPS) is 10.1. The van der Waals surface area contributed by atoms with Crippen LogP contribution in [-0.2, 0) is 6.42 Å². The molecule has 0 aliphatic rings. The number of Topliss-reactive ketones (excluding diaryl/α,β-unsaturated/α-hetero) is 1. The topological polar surface area (TPSA) is 43.1 Å². The van der Waals surface area contributed by atoms with Crippen molar-refractivity contribution in [1.82, 2.24) is 0 Å². The molecule has 0 spiro atoms. The van der Waals surface area contributed by atoms with E-state index in [1.165, 1.54) is 0 Å². The predicted molar refractivity (Wildman–Crippen MR) is 63.2 cm³/mol. The van der Waals surface area contributed by atoms with Crippen LogP contribution in [0.3, 0.4) is 0 Å². The summed E-state index contributed by atoms with van der Waals surface area (Å²) in [5.74, 6) is 0.112. The third-order valence-electron chi connectivity index (χ3n) is 2.15. The molecule has 0 aliphatic heterocycles. The number of hydrogen-bond donors (Lipinski definition) is 1. The summed E-state index contributed by atoms with van der Waals surface area (Å²) in [5, 5.41) is 3.96. The Morgan fingerprint density at radius 1 is 1.33 bits per heavy atom. The van der Waals surface area contributed by atoms with Gasteiger partial charge in [-0.1, -0.05) is 12.1 Å². The quantitative estimate of drug-likeness (QED) is 0.634. The summed E-state index contributed by atoms with van der Waals surface area (Å²) < 4.78 is 0. The average molecular weight is 217 g/mol. The third kappa shape index (κ3) is 2.44. The van der Waals surface area contributed by atoms with Gasteiger partial charge in [0.2, 0.25) is 0 Å². The summed E-state index contributed by atoms with van der Waals surface area (Å²) in [6, 6.07) is 9.06. The molecule has 1 aromatic heterocycles. The largest absolute Gasteiger partial charge is 0.399 e. The lowest BCUT2D eigenvalue weighted by Gasteiger charge is -2.00. The van der Waals surface area contributed by atoms with Crippen molar-refractivity contribution in [3.8, 4) is 0 Å². The molecule has 0 bridgehead atoms. The number of thiophene rings is 1. The highest BCUT2D eigenvalue weighted by Gasteiger charge is 2.07. The van der Waals surface area contributed by atoms with Gasteiger partial charge in [-0.3, -0.25) is 4.79 Å². The summed E-state index contributed by atoms with van der Waals surface area (Å²) >= 11 is 1.60. The molecule has 0 saturated heterocycles. The molecule has 3 heteroatoms. The summed E-state index contributed by atoms with van der Waals surface area (Å²) in [6.07, 6.45) is 0.451. The number of hydrogen-bond acceptors (Lipinski definition) is 3. The number of rotatable bonds is 3. The number of ketones is 1. The minimum atomic E-state index is 0.112. The molecule has 2 nitrogen and oxygen atoms in total. The second-order valence-corrected chi connectivity index (χ2v) is 4.14. The van der Waals surface area contributed by atoms with Crippen molar-refractivity contribution >= 4 is 22.8 Å². The van der Waals surface area contributed by atoms with Crippen LogP contribution < -0.4 is 5.73 Å². The lowest BCUT2D eigenvalue weighted by Crippen LogP contribution is -2.03.